The van der Waals surface area contributed by atoms with Gasteiger partial charge in [0.15, 0.2) is 5.82 Å². The van der Waals surface area contributed by atoms with E-state index in [1.165, 1.54) is 0 Å². The summed E-state index contributed by atoms with van der Waals surface area (Å²) in [7, 11) is 0. The van der Waals surface area contributed by atoms with Gasteiger partial charge in [-0.2, -0.15) is 0 Å². The van der Waals surface area contributed by atoms with E-state index in [9.17, 15) is 14.4 Å². The van der Waals surface area contributed by atoms with E-state index in [0.29, 0.717) is 23.4 Å². The van der Waals surface area contributed by atoms with Gasteiger partial charge < -0.3 is 10.1 Å². The topological polar surface area (TPSA) is 103 Å². The number of nitrogens with zero attached hydrogens (tertiary/aromatic N) is 2. The third-order valence-electron chi connectivity index (χ3n) is 4.16. The number of anilines is 1. The Morgan fingerprint density at radius 2 is 1.83 bits per heavy atom. The second-order valence-electron chi connectivity index (χ2n) is 6.34. The van der Waals surface area contributed by atoms with E-state index in [-0.39, 0.29) is 12.4 Å². The maximum absolute atomic E-state index is 12.4. The second kappa shape index (κ2) is 9.50. The Morgan fingerprint density at radius 3 is 2.52 bits per heavy atom. The number of carbonyl (C=O) groups is 2. The minimum Gasteiger partial charge on any atom is -0.462 e. The van der Waals surface area contributed by atoms with Gasteiger partial charge in [-0.25, -0.2) is 14.2 Å². The molecule has 1 amide bonds. The normalized spacial score (nSPS) is 10.5. The monoisotopic (exact) mass is 395 g/mol. The van der Waals surface area contributed by atoms with Crippen LogP contribution in [0.1, 0.15) is 30.1 Å². The first-order valence-electron chi connectivity index (χ1n) is 9.27. The van der Waals surface area contributed by atoms with E-state index in [1.807, 2.05) is 13.0 Å². The van der Waals surface area contributed by atoms with Gasteiger partial charge in [0.05, 0.1) is 12.2 Å². The first kappa shape index (κ1) is 20.1. The predicted molar refractivity (Wildman–Crippen MR) is 106 cm³/mol. The molecule has 0 saturated carbocycles. The summed E-state index contributed by atoms with van der Waals surface area (Å²) in [5.74, 6) is -1.27. The van der Waals surface area contributed by atoms with Crippen LogP contribution in [-0.4, -0.2) is 28.2 Å². The molecular formula is C21H21N3O5. The van der Waals surface area contributed by atoms with Crippen LogP contribution in [0.5, 0.6) is 0 Å². The highest BCUT2D eigenvalue weighted by atomic mass is 16.5. The van der Waals surface area contributed by atoms with Crippen molar-refractivity contribution in [3.8, 4) is 11.4 Å². The molecule has 0 bridgehead atoms. The van der Waals surface area contributed by atoms with Crippen LogP contribution in [0.25, 0.3) is 11.4 Å². The van der Waals surface area contributed by atoms with Crippen molar-refractivity contribution in [1.29, 1.82) is 0 Å². The predicted octanol–water partition coefficient (Wildman–Crippen LogP) is 3.10. The molecule has 3 aromatic rings. The fourth-order valence-electron chi connectivity index (χ4n) is 2.63. The number of benzene rings is 2. The average Bonchev–Trinajstić information content (AvgIpc) is 3.09. The molecule has 8 heteroatoms. The van der Waals surface area contributed by atoms with Crippen LogP contribution >= 0.6 is 0 Å². The molecule has 0 aliphatic rings. The number of carbonyl (C=O) groups excluding carboxylic acids is 2. The van der Waals surface area contributed by atoms with Crippen molar-refractivity contribution >= 4 is 17.6 Å². The molecule has 1 N–H and O–H groups in total. The van der Waals surface area contributed by atoms with Gasteiger partial charge in [0.2, 0.25) is 5.91 Å². The molecular weight excluding hydrogens is 374 g/mol. The zero-order valence-electron chi connectivity index (χ0n) is 16.0. The molecule has 0 spiro atoms. The van der Waals surface area contributed by atoms with E-state index in [1.54, 1.807) is 48.5 Å². The van der Waals surface area contributed by atoms with Crippen molar-refractivity contribution in [3.05, 3.63) is 70.7 Å². The molecule has 1 heterocycles. The lowest BCUT2D eigenvalue weighted by Crippen LogP contribution is -2.25. The first-order valence-corrected chi connectivity index (χ1v) is 9.27. The van der Waals surface area contributed by atoms with E-state index in [4.69, 9.17) is 9.26 Å². The number of ether oxygens (including phenoxy) is 1. The summed E-state index contributed by atoms with van der Waals surface area (Å²) in [6, 6.07) is 15.3. The third kappa shape index (κ3) is 5.19. The van der Waals surface area contributed by atoms with Crippen molar-refractivity contribution in [2.24, 2.45) is 0 Å². The smallest absolute Gasteiger partial charge is 0.442 e. The Kier molecular flexibility index (Phi) is 6.57. The van der Waals surface area contributed by atoms with Crippen LogP contribution in [0, 0.1) is 0 Å². The Bertz CT molecular complexity index is 1020. The molecule has 29 heavy (non-hydrogen) atoms. The Balaban J connectivity index is 1.64. The molecule has 8 nitrogen and oxygen atoms in total. The minimum absolute atomic E-state index is 0.257. The van der Waals surface area contributed by atoms with Crippen LogP contribution in [0.15, 0.2) is 63.9 Å². The second-order valence-corrected chi connectivity index (χ2v) is 6.34. The molecule has 0 atom stereocenters. The van der Waals surface area contributed by atoms with Crippen molar-refractivity contribution in [3.63, 3.8) is 0 Å². The molecule has 0 aliphatic carbocycles. The quantitative estimate of drug-likeness (QED) is 0.464. The van der Waals surface area contributed by atoms with Gasteiger partial charge in [0, 0.05) is 11.3 Å². The summed E-state index contributed by atoms with van der Waals surface area (Å²) < 4.78 is 11.0. The summed E-state index contributed by atoms with van der Waals surface area (Å²) in [5, 5.41) is 6.44. The van der Waals surface area contributed by atoms with E-state index in [0.717, 1.165) is 17.4 Å². The molecule has 0 aliphatic heterocycles. The number of hydrogen-bond acceptors (Lipinski definition) is 6. The number of nitrogens with one attached hydrogen (secondary N) is 1. The van der Waals surface area contributed by atoms with Crippen molar-refractivity contribution in [1.82, 2.24) is 9.72 Å². The van der Waals surface area contributed by atoms with Gasteiger partial charge >= 0.3 is 11.7 Å². The molecule has 0 fully saturated rings. The van der Waals surface area contributed by atoms with E-state index >= 15 is 0 Å². The van der Waals surface area contributed by atoms with Crippen molar-refractivity contribution < 1.29 is 18.8 Å². The van der Waals surface area contributed by atoms with Crippen molar-refractivity contribution in [2.45, 2.75) is 26.3 Å². The highest BCUT2D eigenvalue weighted by Crippen LogP contribution is 2.15. The Hall–Kier alpha value is -3.68. The third-order valence-corrected chi connectivity index (χ3v) is 4.16. The van der Waals surface area contributed by atoms with Crippen LogP contribution in [-0.2, 0) is 16.1 Å². The highest BCUT2D eigenvalue weighted by molar-refractivity contribution is 5.93. The fourth-order valence-corrected chi connectivity index (χ4v) is 2.63. The average molecular weight is 395 g/mol. The van der Waals surface area contributed by atoms with Gasteiger partial charge in [-0.1, -0.05) is 48.8 Å². The molecule has 0 saturated heterocycles. The number of aromatic nitrogens is 2. The zero-order chi connectivity index (χ0) is 20.6. The molecule has 2 aromatic carbocycles. The number of esters is 1. The van der Waals surface area contributed by atoms with Gasteiger partial charge in [-0.3, -0.25) is 9.32 Å². The van der Waals surface area contributed by atoms with Crippen LogP contribution < -0.4 is 11.1 Å². The lowest BCUT2D eigenvalue weighted by atomic mass is 10.2. The van der Waals surface area contributed by atoms with Gasteiger partial charge in [0.25, 0.3) is 0 Å². The number of amides is 1. The summed E-state index contributed by atoms with van der Waals surface area (Å²) >= 11 is 0. The molecule has 0 radical (unpaired) electrons. The summed E-state index contributed by atoms with van der Waals surface area (Å²) in [6.07, 6.45) is 1.76. The number of rotatable bonds is 8. The van der Waals surface area contributed by atoms with Gasteiger partial charge in [-0.15, -0.1) is 0 Å². The van der Waals surface area contributed by atoms with Crippen LogP contribution in [0.3, 0.4) is 0 Å². The highest BCUT2D eigenvalue weighted by Gasteiger charge is 2.16. The maximum atomic E-state index is 12.4. The minimum atomic E-state index is -0.718. The maximum Gasteiger partial charge on any atom is 0.442 e. The van der Waals surface area contributed by atoms with Crippen LogP contribution in [0.2, 0.25) is 0 Å². The van der Waals surface area contributed by atoms with E-state index in [2.05, 4.69) is 10.5 Å². The molecule has 0 unspecified atom stereocenters. The summed E-state index contributed by atoms with van der Waals surface area (Å²) in [6.45, 7) is 2.14. The van der Waals surface area contributed by atoms with Crippen LogP contribution in [0.4, 0.5) is 5.69 Å². The Morgan fingerprint density at radius 1 is 1.10 bits per heavy atom. The lowest BCUT2D eigenvalue weighted by molar-refractivity contribution is -0.116. The van der Waals surface area contributed by atoms with Crippen molar-refractivity contribution in [2.75, 3.05) is 11.9 Å². The summed E-state index contributed by atoms with van der Waals surface area (Å²) in [4.78, 5) is 36.2. The Labute approximate surface area is 167 Å². The molecule has 150 valence electrons. The number of unbranched alkanes of at least 4 members (excludes halogenated alkanes) is 1. The van der Waals surface area contributed by atoms with Gasteiger partial charge in [-0.05, 0) is 30.7 Å². The zero-order valence-corrected chi connectivity index (χ0v) is 16.0. The molecule has 3 rings (SSSR count). The summed E-state index contributed by atoms with van der Waals surface area (Å²) in [5.41, 5.74) is 1.56. The fraction of sp³-hybridized carbons (Fsp3) is 0.238. The standard InChI is InChI=1S/C21H21N3O5/c1-2-3-13-28-20(26)16-9-11-17(12-10-16)22-18(25)14-24-19(23-29-21(24)27)15-7-5-4-6-8-15/h4-12H,2-3,13-14H2,1H3,(H,22,25). The van der Waals surface area contributed by atoms with Gasteiger partial charge in [0.1, 0.15) is 6.54 Å². The lowest BCUT2D eigenvalue weighted by Gasteiger charge is -2.08. The first-order chi connectivity index (χ1) is 14.1. The molecule has 1 aromatic heterocycles. The number of hydrogen-bond donors (Lipinski definition) is 1. The largest absolute Gasteiger partial charge is 0.462 e. The van der Waals surface area contributed by atoms with E-state index < -0.39 is 17.6 Å². The SMILES string of the molecule is CCCCOC(=O)c1ccc(NC(=O)Cn2c(-c3ccccc3)noc2=O)cc1.